The number of aliphatic imine (C=N–C) groups is 2. The zero-order valence-corrected chi connectivity index (χ0v) is 34.8. The highest BCUT2D eigenvalue weighted by Crippen LogP contribution is 2.46. The summed E-state index contributed by atoms with van der Waals surface area (Å²) in [5, 5.41) is 17.7. The van der Waals surface area contributed by atoms with Gasteiger partial charge >= 0.3 is 5.97 Å². The molecule has 2 amide bonds. The van der Waals surface area contributed by atoms with E-state index in [4.69, 9.17) is 24.2 Å². The molecule has 14 heteroatoms. The number of hydrogen-bond acceptors (Lipinski definition) is 11. The zero-order valence-electron chi connectivity index (χ0n) is 34.0. The van der Waals surface area contributed by atoms with E-state index in [-0.39, 0.29) is 61.8 Å². The van der Waals surface area contributed by atoms with E-state index in [0.717, 1.165) is 44.0 Å². The lowest BCUT2D eigenvalue weighted by Gasteiger charge is -2.40. The van der Waals surface area contributed by atoms with E-state index in [1.165, 1.54) is 5.01 Å². The molecule has 4 aliphatic rings. The van der Waals surface area contributed by atoms with Crippen LogP contribution in [-0.2, 0) is 41.6 Å². The van der Waals surface area contributed by atoms with E-state index in [0.29, 0.717) is 31.7 Å². The molecule has 0 spiro atoms. The molecule has 56 heavy (non-hydrogen) atoms. The maximum atomic E-state index is 14.2. The van der Waals surface area contributed by atoms with Crippen LogP contribution in [0.2, 0.25) is 0 Å². The number of ether oxygens (including phenoxy) is 3. The number of thioether (sulfide) groups is 1. The first-order valence-electron chi connectivity index (χ1n) is 19.7. The summed E-state index contributed by atoms with van der Waals surface area (Å²) in [6.07, 6.45) is 4.32. The molecular formula is C42H58N6O7S. The van der Waals surface area contributed by atoms with Gasteiger partial charge in [0, 0.05) is 79.9 Å². The molecule has 2 aromatic rings. The van der Waals surface area contributed by atoms with Gasteiger partial charge in [0.25, 0.3) is 5.91 Å². The van der Waals surface area contributed by atoms with Crippen molar-refractivity contribution in [2.24, 2.45) is 33.2 Å². The normalized spacial score (nSPS) is 29.1. The van der Waals surface area contributed by atoms with E-state index < -0.39 is 29.1 Å². The standard InChI is InChI=1S/C42H58N6O7S/c1-10-28(36(43-11-2)26(5)54-9)37-30-21-41(6,7)23-55-40(51)42(52)15-12-16-48(46-42)39(50)31(45-38(49)35-24(3)25(35)4)20-34-44-32(22-56-34)27-13-14-33(29(30)19-27)47(37)17-18-53-8/h10-11,13-14,19,24-26,31-32,35,46,52H,1,12,15-18,20-23H2,2-9H3,(H,45,49)/b36-28+,43-11?/t24-,25+,26-,31-,32?,35?,42-/m0/s1. The number of hydrogen-bond donors (Lipinski definition) is 3. The molecule has 1 saturated carbocycles. The third-order valence-corrected chi connectivity index (χ3v) is 12.8. The molecular weight excluding hydrogens is 733 g/mol. The van der Waals surface area contributed by atoms with Gasteiger partial charge in [-0.25, -0.2) is 4.79 Å². The summed E-state index contributed by atoms with van der Waals surface area (Å²) in [6, 6.07) is 5.32. The van der Waals surface area contributed by atoms with Gasteiger partial charge in [-0.15, -0.1) is 11.8 Å². The van der Waals surface area contributed by atoms with Crippen LogP contribution in [-0.4, -0.2) is 101 Å². The van der Waals surface area contributed by atoms with Crippen molar-refractivity contribution < 1.29 is 33.7 Å². The Morgan fingerprint density at radius 1 is 1.27 bits per heavy atom. The first-order valence-corrected chi connectivity index (χ1v) is 20.7. The molecule has 304 valence electrons. The fraction of sp³-hybridized carbons (Fsp3) is 0.595. The predicted molar refractivity (Wildman–Crippen MR) is 220 cm³/mol. The molecule has 2 unspecified atom stereocenters. The van der Waals surface area contributed by atoms with Crippen LogP contribution in [0.1, 0.15) is 83.7 Å². The minimum absolute atomic E-state index is 0.0153. The maximum absolute atomic E-state index is 14.2. The third-order valence-electron chi connectivity index (χ3n) is 11.8. The lowest BCUT2D eigenvalue weighted by Crippen LogP contribution is -2.67. The molecule has 2 fully saturated rings. The first-order chi connectivity index (χ1) is 26.7. The van der Waals surface area contributed by atoms with Gasteiger partial charge in [0.05, 0.1) is 41.8 Å². The van der Waals surface area contributed by atoms with Gasteiger partial charge in [0.15, 0.2) is 0 Å². The van der Waals surface area contributed by atoms with Crippen molar-refractivity contribution >= 4 is 57.3 Å². The Morgan fingerprint density at radius 3 is 2.68 bits per heavy atom. The Balaban J connectivity index is 1.52. The number of allylic oxidation sites excluding steroid dienone is 2. The number of nitrogens with one attached hydrogen (secondary N) is 2. The summed E-state index contributed by atoms with van der Waals surface area (Å²) in [7, 11) is 3.34. The molecule has 6 rings (SSSR count). The highest BCUT2D eigenvalue weighted by Gasteiger charge is 2.50. The van der Waals surface area contributed by atoms with Crippen LogP contribution in [0.4, 0.5) is 0 Å². The first kappa shape index (κ1) is 41.8. The summed E-state index contributed by atoms with van der Waals surface area (Å²) in [5.74, 6) is -0.529. The summed E-state index contributed by atoms with van der Waals surface area (Å²) in [4.78, 5) is 51.3. The highest BCUT2D eigenvalue weighted by atomic mass is 32.2. The average molecular weight is 791 g/mol. The second-order valence-corrected chi connectivity index (χ2v) is 17.5. The minimum atomic E-state index is -2.13. The average Bonchev–Trinajstić information content (AvgIpc) is 3.44. The molecule has 0 radical (unpaired) electrons. The molecule has 1 saturated heterocycles. The second-order valence-electron chi connectivity index (χ2n) is 16.4. The number of amides is 2. The number of benzene rings is 1. The van der Waals surface area contributed by atoms with Crippen molar-refractivity contribution in [2.75, 3.05) is 39.7 Å². The number of aromatic nitrogens is 1. The van der Waals surface area contributed by atoms with Gasteiger partial charge in [0.1, 0.15) is 6.04 Å². The van der Waals surface area contributed by atoms with E-state index in [1.807, 2.05) is 47.6 Å². The third kappa shape index (κ3) is 8.40. The fourth-order valence-corrected chi connectivity index (χ4v) is 9.35. The topological polar surface area (TPSA) is 156 Å². The van der Waals surface area contributed by atoms with Crippen LogP contribution in [0.5, 0.6) is 0 Å². The predicted octanol–water partition coefficient (Wildman–Crippen LogP) is 5.21. The summed E-state index contributed by atoms with van der Waals surface area (Å²) < 4.78 is 19.6. The Hall–Kier alpha value is -3.82. The van der Waals surface area contributed by atoms with Crippen molar-refractivity contribution in [2.45, 2.75) is 97.7 Å². The largest absolute Gasteiger partial charge is 0.462 e. The van der Waals surface area contributed by atoms with E-state index in [9.17, 15) is 19.5 Å². The molecule has 4 heterocycles. The molecule has 3 N–H and O–H groups in total. The Kier molecular flexibility index (Phi) is 12.7. The number of esters is 1. The number of hydrazine groups is 1. The molecule has 1 aromatic carbocycles. The van der Waals surface area contributed by atoms with Crippen molar-refractivity contribution in [3.8, 4) is 0 Å². The summed E-state index contributed by atoms with van der Waals surface area (Å²) in [5.41, 5.74) is 5.55. The van der Waals surface area contributed by atoms with Gasteiger partial charge in [0.2, 0.25) is 11.6 Å². The fourth-order valence-electron chi connectivity index (χ4n) is 8.25. The van der Waals surface area contributed by atoms with Crippen LogP contribution < -0.4 is 10.7 Å². The SMILES string of the molecule is C=C/C(=C(\N=CC)[C@H](C)OC)c1c2c3cc(ccc3n1CCOC)C1CSC(=N1)C[C@H](NC(=O)C1[C@@H](C)[C@H]1C)C(=O)N1CCC[C@@](O)(N1)C(=O)OCC(C)(C)C2. The zero-order chi connectivity index (χ0) is 40.5. The number of nitrogens with zero attached hydrogens (tertiary/aromatic N) is 4. The van der Waals surface area contributed by atoms with Crippen molar-refractivity contribution in [1.82, 2.24) is 20.3 Å². The Labute approximate surface area is 334 Å². The molecule has 1 aliphatic carbocycles. The number of fused-ring (bicyclic) bond motifs is 5. The summed E-state index contributed by atoms with van der Waals surface area (Å²) >= 11 is 1.58. The smallest absolute Gasteiger partial charge is 0.355 e. The van der Waals surface area contributed by atoms with Gasteiger partial charge in [-0.1, -0.05) is 46.4 Å². The lowest BCUT2D eigenvalue weighted by molar-refractivity contribution is -0.189. The lowest BCUT2D eigenvalue weighted by atomic mass is 9.84. The van der Waals surface area contributed by atoms with Crippen LogP contribution in [0.15, 0.2) is 46.5 Å². The molecule has 3 aliphatic heterocycles. The van der Waals surface area contributed by atoms with Gasteiger partial charge in [-0.3, -0.25) is 24.6 Å². The second kappa shape index (κ2) is 17.0. The number of carbonyl (C=O) groups is 3. The van der Waals surface area contributed by atoms with Crippen molar-refractivity contribution in [1.29, 1.82) is 0 Å². The number of aliphatic hydroxyl groups is 1. The van der Waals surface area contributed by atoms with Crippen LogP contribution in [0.3, 0.4) is 0 Å². The van der Waals surface area contributed by atoms with E-state index in [1.54, 1.807) is 32.2 Å². The van der Waals surface area contributed by atoms with Gasteiger partial charge in [-0.05, 0) is 61.8 Å². The van der Waals surface area contributed by atoms with E-state index in [2.05, 4.69) is 40.1 Å². The number of methoxy groups -OCH3 is 2. The van der Waals surface area contributed by atoms with Crippen molar-refractivity contribution in [3.05, 3.63) is 53.4 Å². The van der Waals surface area contributed by atoms with Crippen LogP contribution in [0.25, 0.3) is 16.5 Å². The summed E-state index contributed by atoms with van der Waals surface area (Å²) in [6.45, 7) is 17.4. The Morgan fingerprint density at radius 2 is 2.02 bits per heavy atom. The molecule has 6 bridgehead atoms. The van der Waals surface area contributed by atoms with Crippen LogP contribution >= 0.6 is 11.8 Å². The quantitative estimate of drug-likeness (QED) is 0.167. The number of cyclic esters (lactones) is 1. The van der Waals surface area contributed by atoms with Gasteiger partial charge in [-0.2, -0.15) is 5.43 Å². The Bertz CT molecular complexity index is 1950. The van der Waals surface area contributed by atoms with Crippen molar-refractivity contribution in [3.63, 3.8) is 0 Å². The number of rotatable bonds is 10. The minimum Gasteiger partial charge on any atom is -0.462 e. The monoisotopic (exact) mass is 790 g/mol. The van der Waals surface area contributed by atoms with Crippen LogP contribution in [0, 0.1) is 23.2 Å². The van der Waals surface area contributed by atoms with E-state index >= 15 is 0 Å². The highest BCUT2D eigenvalue weighted by molar-refractivity contribution is 8.14. The molecule has 7 atom stereocenters. The maximum Gasteiger partial charge on any atom is 0.355 e. The molecule has 1 aromatic heterocycles. The molecule has 13 nitrogen and oxygen atoms in total. The van der Waals surface area contributed by atoms with Gasteiger partial charge < -0.3 is 29.2 Å². The number of carbonyl (C=O) groups excluding carboxylic acids is 3.